The number of hydrogen-bond donors (Lipinski definition) is 0. The molecule has 2 heterocycles. The summed E-state index contributed by atoms with van der Waals surface area (Å²) in [5, 5.41) is 13.2. The van der Waals surface area contributed by atoms with E-state index in [1.54, 1.807) is 0 Å². The molecule has 0 spiro atoms. The van der Waals surface area contributed by atoms with Crippen molar-refractivity contribution in [2.45, 2.75) is 46.2 Å². The lowest BCUT2D eigenvalue weighted by molar-refractivity contribution is 0.167. The molecular formula is C18H27ClN6. The van der Waals surface area contributed by atoms with Crippen LogP contribution in [0.1, 0.15) is 50.7 Å². The van der Waals surface area contributed by atoms with Crippen molar-refractivity contribution in [1.82, 2.24) is 25.1 Å². The van der Waals surface area contributed by atoms with Crippen LogP contribution in [0.25, 0.3) is 0 Å². The van der Waals surface area contributed by atoms with Gasteiger partial charge in [0.15, 0.2) is 5.82 Å². The van der Waals surface area contributed by atoms with Gasteiger partial charge in [0.1, 0.15) is 0 Å². The highest BCUT2D eigenvalue weighted by atomic mass is 35.5. The van der Waals surface area contributed by atoms with Gasteiger partial charge in [-0.05, 0) is 55.3 Å². The maximum absolute atomic E-state index is 6.19. The second-order valence-corrected chi connectivity index (χ2v) is 7.39. The predicted molar refractivity (Wildman–Crippen MR) is 101 cm³/mol. The van der Waals surface area contributed by atoms with E-state index in [1.807, 2.05) is 10.7 Å². The monoisotopic (exact) mass is 362 g/mol. The summed E-state index contributed by atoms with van der Waals surface area (Å²) in [5.74, 6) is 0.977. The SMILES string of the molecule is CC[C@H](c1nnnn1C(C)C)N1CCN(c2cc(Cl)ccc2C)CC1. The lowest BCUT2D eigenvalue weighted by atomic mass is 10.1. The van der Waals surface area contributed by atoms with Crippen LogP contribution in [0.4, 0.5) is 5.69 Å². The van der Waals surface area contributed by atoms with E-state index in [1.165, 1.54) is 11.3 Å². The molecule has 1 atom stereocenters. The fourth-order valence-electron chi connectivity index (χ4n) is 3.59. The van der Waals surface area contributed by atoms with E-state index in [0.717, 1.165) is 43.4 Å². The zero-order chi connectivity index (χ0) is 18.0. The Kier molecular flexibility index (Phi) is 5.59. The van der Waals surface area contributed by atoms with Crippen molar-refractivity contribution in [3.05, 3.63) is 34.6 Å². The molecule has 1 aliphatic rings. The number of anilines is 1. The first-order chi connectivity index (χ1) is 12.0. The van der Waals surface area contributed by atoms with Gasteiger partial charge < -0.3 is 4.90 Å². The van der Waals surface area contributed by atoms with Crippen molar-refractivity contribution in [2.24, 2.45) is 0 Å². The van der Waals surface area contributed by atoms with Crippen LogP contribution < -0.4 is 4.90 Å². The molecule has 1 fully saturated rings. The Labute approximate surface area is 154 Å². The van der Waals surface area contributed by atoms with Crippen LogP contribution in [0.2, 0.25) is 5.02 Å². The third-order valence-corrected chi connectivity index (χ3v) is 5.19. The quantitative estimate of drug-likeness (QED) is 0.814. The van der Waals surface area contributed by atoms with E-state index < -0.39 is 0 Å². The maximum atomic E-state index is 6.19. The minimum Gasteiger partial charge on any atom is -0.369 e. The van der Waals surface area contributed by atoms with Crippen LogP contribution in [0.3, 0.4) is 0 Å². The minimum atomic E-state index is 0.264. The molecule has 1 aromatic heterocycles. The van der Waals surface area contributed by atoms with Crippen molar-refractivity contribution < 1.29 is 0 Å². The van der Waals surface area contributed by atoms with E-state index in [0.29, 0.717) is 0 Å². The van der Waals surface area contributed by atoms with E-state index in [2.05, 4.69) is 65.2 Å². The van der Waals surface area contributed by atoms with Gasteiger partial charge in [-0.3, -0.25) is 4.90 Å². The van der Waals surface area contributed by atoms with E-state index in [9.17, 15) is 0 Å². The normalized spacial score (nSPS) is 17.3. The third-order valence-electron chi connectivity index (χ3n) is 4.96. The topological polar surface area (TPSA) is 50.1 Å². The molecule has 25 heavy (non-hydrogen) atoms. The molecular weight excluding hydrogens is 336 g/mol. The summed E-state index contributed by atoms with van der Waals surface area (Å²) >= 11 is 6.19. The molecule has 1 saturated heterocycles. The first-order valence-electron chi connectivity index (χ1n) is 9.04. The van der Waals surface area contributed by atoms with Crippen LogP contribution in [0.15, 0.2) is 18.2 Å². The molecule has 1 aliphatic heterocycles. The van der Waals surface area contributed by atoms with Crippen molar-refractivity contribution in [3.8, 4) is 0 Å². The number of hydrogen-bond acceptors (Lipinski definition) is 5. The average molecular weight is 363 g/mol. The fourth-order valence-corrected chi connectivity index (χ4v) is 3.76. The Morgan fingerprint density at radius 1 is 1.16 bits per heavy atom. The highest BCUT2D eigenvalue weighted by Gasteiger charge is 2.28. The Morgan fingerprint density at radius 3 is 2.52 bits per heavy atom. The van der Waals surface area contributed by atoms with Crippen molar-refractivity contribution in [3.63, 3.8) is 0 Å². The molecule has 7 heteroatoms. The van der Waals surface area contributed by atoms with E-state index in [4.69, 9.17) is 11.6 Å². The Morgan fingerprint density at radius 2 is 1.88 bits per heavy atom. The summed E-state index contributed by atoms with van der Waals surface area (Å²) in [7, 11) is 0. The maximum Gasteiger partial charge on any atom is 0.168 e. The summed E-state index contributed by atoms with van der Waals surface area (Å²) in [5.41, 5.74) is 2.51. The number of aromatic nitrogens is 4. The second kappa shape index (κ2) is 7.70. The van der Waals surface area contributed by atoms with Gasteiger partial charge in [0.25, 0.3) is 0 Å². The summed E-state index contributed by atoms with van der Waals surface area (Å²) in [6, 6.07) is 6.66. The van der Waals surface area contributed by atoms with Gasteiger partial charge in [-0.1, -0.05) is 24.6 Å². The predicted octanol–water partition coefficient (Wildman–Crippen LogP) is 3.49. The first-order valence-corrected chi connectivity index (χ1v) is 9.42. The second-order valence-electron chi connectivity index (χ2n) is 6.95. The summed E-state index contributed by atoms with van der Waals surface area (Å²) in [6.07, 6.45) is 1.00. The average Bonchev–Trinajstić information content (AvgIpc) is 3.08. The smallest absolute Gasteiger partial charge is 0.168 e. The molecule has 0 unspecified atom stereocenters. The molecule has 2 aromatic rings. The third kappa shape index (κ3) is 3.80. The van der Waals surface area contributed by atoms with Crippen LogP contribution in [-0.2, 0) is 0 Å². The van der Waals surface area contributed by atoms with Crippen molar-refractivity contribution in [2.75, 3.05) is 31.1 Å². The van der Waals surface area contributed by atoms with Crippen molar-refractivity contribution in [1.29, 1.82) is 0 Å². The summed E-state index contributed by atoms with van der Waals surface area (Å²) in [4.78, 5) is 4.93. The lowest BCUT2D eigenvalue weighted by Gasteiger charge is -2.40. The fraction of sp³-hybridized carbons (Fsp3) is 0.611. The van der Waals surface area contributed by atoms with Gasteiger partial charge in [0, 0.05) is 36.9 Å². The molecule has 0 N–H and O–H groups in total. The molecule has 0 radical (unpaired) electrons. The van der Waals surface area contributed by atoms with Crippen LogP contribution in [-0.4, -0.2) is 51.3 Å². The summed E-state index contributed by atoms with van der Waals surface area (Å²) < 4.78 is 1.95. The van der Waals surface area contributed by atoms with Gasteiger partial charge in [0.2, 0.25) is 0 Å². The largest absolute Gasteiger partial charge is 0.369 e. The Hall–Kier alpha value is -1.66. The number of tetrazole rings is 1. The van der Waals surface area contributed by atoms with Crippen LogP contribution in [0, 0.1) is 6.92 Å². The van der Waals surface area contributed by atoms with Crippen LogP contribution in [0.5, 0.6) is 0 Å². The van der Waals surface area contributed by atoms with E-state index in [-0.39, 0.29) is 12.1 Å². The zero-order valence-corrected chi connectivity index (χ0v) is 16.2. The van der Waals surface area contributed by atoms with Crippen molar-refractivity contribution >= 4 is 17.3 Å². The molecule has 6 nitrogen and oxygen atoms in total. The van der Waals surface area contributed by atoms with E-state index >= 15 is 0 Å². The number of halogens is 1. The number of piperazine rings is 1. The van der Waals surface area contributed by atoms with Gasteiger partial charge in [-0.25, -0.2) is 4.68 Å². The molecule has 0 bridgehead atoms. The molecule has 0 amide bonds. The highest BCUT2D eigenvalue weighted by Crippen LogP contribution is 2.29. The Bertz CT molecular complexity index is 705. The highest BCUT2D eigenvalue weighted by molar-refractivity contribution is 6.30. The molecule has 1 aromatic carbocycles. The standard InChI is InChI=1S/C18H27ClN6/c1-5-16(18-20-21-22-25(18)13(2)3)23-8-10-24(11-9-23)17-12-15(19)7-6-14(17)4/h6-7,12-13,16H,5,8-11H2,1-4H3/t16-/m1/s1. The van der Waals surface area contributed by atoms with Crippen LogP contribution >= 0.6 is 11.6 Å². The minimum absolute atomic E-state index is 0.264. The van der Waals surface area contributed by atoms with Gasteiger partial charge in [0.05, 0.1) is 12.1 Å². The number of rotatable bonds is 5. The first kappa shape index (κ1) is 18.1. The van der Waals surface area contributed by atoms with Gasteiger partial charge in [-0.15, -0.1) is 5.10 Å². The number of nitrogens with zero attached hydrogens (tertiary/aromatic N) is 6. The molecule has 0 aliphatic carbocycles. The zero-order valence-electron chi connectivity index (χ0n) is 15.5. The molecule has 0 saturated carbocycles. The Balaban J connectivity index is 1.72. The van der Waals surface area contributed by atoms with Gasteiger partial charge >= 0.3 is 0 Å². The number of aryl methyl sites for hydroxylation is 1. The number of benzene rings is 1. The summed E-state index contributed by atoms with van der Waals surface area (Å²) in [6.45, 7) is 12.5. The molecule has 3 rings (SSSR count). The lowest BCUT2D eigenvalue weighted by Crippen LogP contribution is -2.48. The van der Waals surface area contributed by atoms with Gasteiger partial charge in [-0.2, -0.15) is 0 Å². The molecule has 136 valence electrons.